The van der Waals surface area contributed by atoms with Crippen molar-refractivity contribution in [3.05, 3.63) is 59.7 Å². The minimum atomic E-state index is -0.240. The molecule has 4 rings (SSSR count). The maximum absolute atomic E-state index is 12.8. The molecule has 0 saturated heterocycles. The summed E-state index contributed by atoms with van der Waals surface area (Å²) in [5.74, 6) is 1.05. The second kappa shape index (κ2) is 4.35. The van der Waals surface area contributed by atoms with Crippen molar-refractivity contribution in [2.24, 2.45) is 0 Å². The lowest BCUT2D eigenvalue weighted by Gasteiger charge is -2.18. The smallest absolute Gasteiger partial charge is 0.238 e. The maximum Gasteiger partial charge on any atom is 0.238 e. The van der Waals surface area contributed by atoms with Gasteiger partial charge < -0.3 is 9.64 Å². The molecule has 2 aliphatic rings. The molecule has 0 radical (unpaired) electrons. The Balaban J connectivity index is 1.77. The normalized spacial score (nSPS) is 18.0. The van der Waals surface area contributed by atoms with Gasteiger partial charge in [-0.2, -0.15) is 0 Å². The van der Waals surface area contributed by atoms with Crippen molar-refractivity contribution in [1.82, 2.24) is 0 Å². The van der Waals surface area contributed by atoms with Gasteiger partial charge in [0, 0.05) is 6.07 Å². The number of carbonyl (C=O) groups is 1. The Kier molecular flexibility index (Phi) is 2.58. The fraction of sp³-hybridized carbons (Fsp3) is 0.278. The molecule has 0 aromatic heterocycles. The van der Waals surface area contributed by atoms with E-state index in [9.17, 15) is 4.79 Å². The van der Waals surface area contributed by atoms with Gasteiger partial charge in [-0.3, -0.25) is 4.79 Å². The van der Waals surface area contributed by atoms with Gasteiger partial charge in [0.05, 0.1) is 24.8 Å². The van der Waals surface area contributed by atoms with E-state index in [0.717, 1.165) is 29.8 Å². The number of rotatable bonds is 3. The molecule has 1 saturated carbocycles. The van der Waals surface area contributed by atoms with E-state index in [0.29, 0.717) is 6.54 Å². The van der Waals surface area contributed by atoms with Crippen LogP contribution in [0.3, 0.4) is 0 Å². The Morgan fingerprint density at radius 3 is 2.57 bits per heavy atom. The summed E-state index contributed by atoms with van der Waals surface area (Å²) in [5.41, 5.74) is 3.10. The Morgan fingerprint density at radius 2 is 1.90 bits per heavy atom. The SMILES string of the molecule is COc1ccc2c(c1)N(Cc1ccccc1)C(=O)C21CC1. The van der Waals surface area contributed by atoms with Crippen molar-refractivity contribution < 1.29 is 9.53 Å². The number of hydrogen-bond acceptors (Lipinski definition) is 2. The van der Waals surface area contributed by atoms with E-state index in [1.807, 2.05) is 35.2 Å². The second-order valence-corrected chi connectivity index (χ2v) is 5.84. The first kappa shape index (κ1) is 12.5. The van der Waals surface area contributed by atoms with Crippen molar-refractivity contribution in [3.63, 3.8) is 0 Å². The van der Waals surface area contributed by atoms with E-state index in [2.05, 4.69) is 18.2 Å². The molecule has 21 heavy (non-hydrogen) atoms. The topological polar surface area (TPSA) is 29.5 Å². The minimum Gasteiger partial charge on any atom is -0.497 e. The van der Waals surface area contributed by atoms with Crippen molar-refractivity contribution in [1.29, 1.82) is 0 Å². The third-order valence-corrected chi connectivity index (χ3v) is 4.60. The van der Waals surface area contributed by atoms with E-state index in [1.54, 1.807) is 7.11 Å². The third-order valence-electron chi connectivity index (χ3n) is 4.60. The molecule has 1 spiro atoms. The molecular formula is C18H17NO2. The fourth-order valence-electron chi connectivity index (χ4n) is 3.28. The molecule has 1 amide bonds. The largest absolute Gasteiger partial charge is 0.497 e. The van der Waals surface area contributed by atoms with Gasteiger partial charge in [0.1, 0.15) is 5.75 Å². The fourth-order valence-corrected chi connectivity index (χ4v) is 3.28. The van der Waals surface area contributed by atoms with Crippen molar-refractivity contribution in [2.45, 2.75) is 24.8 Å². The molecule has 1 heterocycles. The first-order valence-electron chi connectivity index (χ1n) is 7.29. The molecule has 1 aliphatic carbocycles. The molecule has 106 valence electrons. The van der Waals surface area contributed by atoms with Crippen LogP contribution in [0.5, 0.6) is 5.75 Å². The lowest BCUT2D eigenvalue weighted by molar-refractivity contribution is -0.120. The van der Waals surface area contributed by atoms with Crippen LogP contribution >= 0.6 is 0 Å². The third kappa shape index (κ3) is 1.77. The van der Waals surface area contributed by atoms with Crippen LogP contribution in [0.2, 0.25) is 0 Å². The van der Waals surface area contributed by atoms with Gasteiger partial charge >= 0.3 is 0 Å². The van der Waals surface area contributed by atoms with Gasteiger partial charge in [0.25, 0.3) is 0 Å². The van der Waals surface area contributed by atoms with Gasteiger partial charge in [-0.05, 0) is 30.0 Å². The molecule has 3 heteroatoms. The lowest BCUT2D eigenvalue weighted by Crippen LogP contribution is -2.31. The zero-order valence-corrected chi connectivity index (χ0v) is 12.0. The Hall–Kier alpha value is -2.29. The number of benzene rings is 2. The molecule has 2 aromatic carbocycles. The van der Waals surface area contributed by atoms with Crippen molar-refractivity contribution in [3.8, 4) is 5.75 Å². The number of nitrogens with zero attached hydrogens (tertiary/aromatic N) is 1. The molecule has 0 N–H and O–H groups in total. The number of anilines is 1. The summed E-state index contributed by atoms with van der Waals surface area (Å²) in [6.07, 6.45) is 1.94. The predicted octanol–water partition coefficient (Wildman–Crippen LogP) is 3.27. The molecule has 2 aromatic rings. The number of ether oxygens (including phenoxy) is 1. The van der Waals surface area contributed by atoms with Crippen molar-refractivity contribution in [2.75, 3.05) is 12.0 Å². The number of methoxy groups -OCH3 is 1. The predicted molar refractivity (Wildman–Crippen MR) is 81.5 cm³/mol. The Morgan fingerprint density at radius 1 is 1.14 bits per heavy atom. The average molecular weight is 279 g/mol. The molecule has 3 nitrogen and oxygen atoms in total. The van der Waals surface area contributed by atoms with E-state index in [1.165, 1.54) is 5.56 Å². The monoisotopic (exact) mass is 279 g/mol. The lowest BCUT2D eigenvalue weighted by atomic mass is 9.98. The standard InChI is InChI=1S/C18H17NO2/c1-21-14-7-8-15-16(11-14)19(17(20)18(15)9-10-18)12-13-5-3-2-4-6-13/h2-8,11H,9-10,12H2,1H3. The van der Waals surface area contributed by atoms with Gasteiger partial charge in [-0.15, -0.1) is 0 Å². The molecule has 1 fully saturated rings. The number of hydrogen-bond donors (Lipinski definition) is 0. The highest BCUT2D eigenvalue weighted by Gasteiger charge is 2.59. The van der Waals surface area contributed by atoms with Crippen LogP contribution in [0.1, 0.15) is 24.0 Å². The number of fused-ring (bicyclic) bond motifs is 2. The molecule has 1 aliphatic heterocycles. The maximum atomic E-state index is 12.8. The van der Waals surface area contributed by atoms with Gasteiger partial charge in [0.15, 0.2) is 0 Å². The van der Waals surface area contributed by atoms with E-state index in [-0.39, 0.29) is 11.3 Å². The second-order valence-electron chi connectivity index (χ2n) is 5.84. The number of amides is 1. The van der Waals surface area contributed by atoms with Crippen LogP contribution in [0.25, 0.3) is 0 Å². The summed E-state index contributed by atoms with van der Waals surface area (Å²) in [6.45, 7) is 0.627. The first-order chi connectivity index (χ1) is 10.2. The summed E-state index contributed by atoms with van der Waals surface area (Å²) in [7, 11) is 1.66. The molecular weight excluding hydrogens is 262 g/mol. The molecule has 0 unspecified atom stereocenters. The van der Waals surface area contributed by atoms with E-state index in [4.69, 9.17) is 4.74 Å². The molecule has 0 atom stereocenters. The van der Waals surface area contributed by atoms with Gasteiger partial charge in [-0.1, -0.05) is 36.4 Å². The van der Waals surface area contributed by atoms with E-state index >= 15 is 0 Å². The Bertz CT molecular complexity index is 704. The van der Waals surface area contributed by atoms with Gasteiger partial charge in [-0.25, -0.2) is 0 Å². The van der Waals surface area contributed by atoms with Crippen molar-refractivity contribution >= 4 is 11.6 Å². The Labute approximate surface area is 124 Å². The van der Waals surface area contributed by atoms with Crippen LogP contribution in [0.15, 0.2) is 48.5 Å². The highest BCUT2D eigenvalue weighted by atomic mass is 16.5. The summed E-state index contributed by atoms with van der Waals surface area (Å²) in [4.78, 5) is 14.8. The first-order valence-corrected chi connectivity index (χ1v) is 7.29. The number of carbonyl (C=O) groups excluding carboxylic acids is 1. The van der Waals surface area contributed by atoms with Crippen LogP contribution < -0.4 is 9.64 Å². The average Bonchev–Trinajstić information content (AvgIpc) is 3.30. The van der Waals surface area contributed by atoms with Gasteiger partial charge in [0.2, 0.25) is 5.91 Å². The zero-order chi connectivity index (χ0) is 14.4. The van der Waals surface area contributed by atoms with E-state index < -0.39 is 0 Å². The summed E-state index contributed by atoms with van der Waals surface area (Å²) >= 11 is 0. The summed E-state index contributed by atoms with van der Waals surface area (Å²) in [5, 5.41) is 0. The summed E-state index contributed by atoms with van der Waals surface area (Å²) < 4.78 is 5.32. The van der Waals surface area contributed by atoms with Crippen LogP contribution in [-0.2, 0) is 16.8 Å². The quantitative estimate of drug-likeness (QED) is 0.863. The van der Waals surface area contributed by atoms with Crippen LogP contribution in [-0.4, -0.2) is 13.0 Å². The minimum absolute atomic E-state index is 0.240. The highest BCUT2D eigenvalue weighted by molar-refractivity contribution is 6.10. The van der Waals surface area contributed by atoms with Crippen LogP contribution in [0, 0.1) is 0 Å². The summed E-state index contributed by atoms with van der Waals surface area (Å²) in [6, 6.07) is 16.1. The highest BCUT2D eigenvalue weighted by Crippen LogP contribution is 2.58. The zero-order valence-electron chi connectivity index (χ0n) is 12.0. The van der Waals surface area contributed by atoms with Crippen LogP contribution in [0.4, 0.5) is 5.69 Å². The molecule has 0 bridgehead atoms.